The number of alkyl halides is 1. The van der Waals surface area contributed by atoms with Gasteiger partial charge >= 0.3 is 5.97 Å². The van der Waals surface area contributed by atoms with Crippen LogP contribution < -0.4 is 16.7 Å². The molecule has 10 nitrogen and oxygen atoms in total. The molecule has 3 aromatic rings. The maximum absolute atomic E-state index is 13.1. The molecule has 0 aliphatic heterocycles. The lowest BCUT2D eigenvalue weighted by molar-refractivity contribution is -0.153. The van der Waals surface area contributed by atoms with Gasteiger partial charge < -0.3 is 20.0 Å². The van der Waals surface area contributed by atoms with Crippen molar-refractivity contribution < 1.29 is 23.5 Å². The molecule has 12 heteroatoms. The molecule has 4 N–H and O–H groups in total. The number of aromatic nitrogens is 2. The normalized spacial score (nSPS) is 11.8. The molecule has 34 heavy (non-hydrogen) atoms. The predicted molar refractivity (Wildman–Crippen MR) is 125 cm³/mol. The Balaban J connectivity index is 1.87. The van der Waals surface area contributed by atoms with Crippen molar-refractivity contribution in [2.75, 3.05) is 25.6 Å². The predicted octanol–water partition coefficient (Wildman–Crippen LogP) is 2.19. The van der Waals surface area contributed by atoms with Gasteiger partial charge in [-0.05, 0) is 43.7 Å². The monoisotopic (exact) mass is 491 g/mol. The SMILES string of the molecule is CCOC(=O)CN(NC(=O)[C@H](C)n1ccc2cc(-c3ccc(N)c(Cl)c3)[nH]c2c1=O)C(=O)CF. The number of rotatable bonds is 7. The molecule has 180 valence electrons. The average Bonchev–Trinajstić information content (AvgIpc) is 3.25. The van der Waals surface area contributed by atoms with Crippen LogP contribution in [0.5, 0.6) is 0 Å². The molecule has 1 atom stereocenters. The van der Waals surface area contributed by atoms with Gasteiger partial charge in [-0.15, -0.1) is 0 Å². The standard InChI is InChI=1S/C22H23ClFN5O5/c1-3-34-19(31)11-29(18(30)10-24)27-21(32)12(2)28-7-6-14-9-17(26-20(14)22(28)33)13-4-5-16(25)15(23)8-13/h4-9,12,26H,3,10-11,25H2,1-2H3,(H,27,32)/t12-/m0/s1. The zero-order valence-corrected chi connectivity index (χ0v) is 19.2. The van der Waals surface area contributed by atoms with E-state index in [9.17, 15) is 23.6 Å². The Morgan fingerprint density at radius 2 is 2.03 bits per heavy atom. The van der Waals surface area contributed by atoms with Crippen LogP contribution >= 0.6 is 11.6 Å². The third-order valence-corrected chi connectivity index (χ3v) is 5.40. The molecule has 1 aromatic carbocycles. The van der Waals surface area contributed by atoms with Crippen LogP contribution in [0.4, 0.5) is 10.1 Å². The number of nitrogens with zero attached hydrogens (tertiary/aromatic N) is 2. The number of benzene rings is 1. The van der Waals surface area contributed by atoms with Gasteiger partial charge in [0.1, 0.15) is 18.1 Å². The minimum absolute atomic E-state index is 0.0525. The van der Waals surface area contributed by atoms with Gasteiger partial charge in [-0.2, -0.15) is 0 Å². The lowest BCUT2D eigenvalue weighted by Gasteiger charge is -2.24. The van der Waals surface area contributed by atoms with Crippen LogP contribution in [0.25, 0.3) is 22.2 Å². The number of fused-ring (bicyclic) bond motifs is 1. The van der Waals surface area contributed by atoms with Crippen molar-refractivity contribution in [2.45, 2.75) is 19.9 Å². The van der Waals surface area contributed by atoms with E-state index in [2.05, 4.69) is 10.4 Å². The number of pyridine rings is 1. The number of amides is 2. The number of H-pyrrole nitrogens is 1. The molecular weight excluding hydrogens is 469 g/mol. The molecule has 2 aromatic heterocycles. The maximum atomic E-state index is 13.1. The Morgan fingerprint density at radius 3 is 2.68 bits per heavy atom. The Labute approximate surface area is 198 Å². The van der Waals surface area contributed by atoms with Crippen molar-refractivity contribution >= 4 is 46.0 Å². The summed E-state index contributed by atoms with van der Waals surface area (Å²) in [5, 5.41) is 1.50. The van der Waals surface area contributed by atoms with Gasteiger partial charge in [0.05, 0.1) is 17.3 Å². The Bertz CT molecular complexity index is 1300. The highest BCUT2D eigenvalue weighted by Crippen LogP contribution is 2.28. The summed E-state index contributed by atoms with van der Waals surface area (Å²) >= 11 is 6.09. The van der Waals surface area contributed by atoms with Crippen molar-refractivity contribution in [2.24, 2.45) is 0 Å². The molecular formula is C22H23ClFN5O5. The van der Waals surface area contributed by atoms with Crippen LogP contribution in [0.1, 0.15) is 19.9 Å². The molecule has 0 radical (unpaired) electrons. The summed E-state index contributed by atoms with van der Waals surface area (Å²) in [5.41, 5.74) is 9.43. The van der Waals surface area contributed by atoms with Crippen LogP contribution in [0, 0.1) is 0 Å². The highest BCUT2D eigenvalue weighted by Gasteiger charge is 2.24. The fourth-order valence-corrected chi connectivity index (χ4v) is 3.42. The number of carbonyl (C=O) groups excluding carboxylic acids is 3. The molecule has 0 bridgehead atoms. The number of halogens is 2. The van der Waals surface area contributed by atoms with E-state index in [1.165, 1.54) is 13.1 Å². The van der Waals surface area contributed by atoms with Crippen molar-refractivity contribution in [1.29, 1.82) is 0 Å². The first-order valence-corrected chi connectivity index (χ1v) is 10.7. The highest BCUT2D eigenvalue weighted by atomic mass is 35.5. The summed E-state index contributed by atoms with van der Waals surface area (Å²) in [5.74, 6) is -2.75. The van der Waals surface area contributed by atoms with E-state index in [4.69, 9.17) is 22.1 Å². The van der Waals surface area contributed by atoms with Crippen LogP contribution in [-0.4, -0.2) is 52.2 Å². The van der Waals surface area contributed by atoms with E-state index in [0.717, 1.165) is 4.57 Å². The number of nitrogen functional groups attached to an aromatic ring is 1. The molecule has 0 saturated carbocycles. The molecule has 3 rings (SSSR count). The number of nitrogens with one attached hydrogen (secondary N) is 2. The molecule has 0 spiro atoms. The van der Waals surface area contributed by atoms with Gasteiger partial charge in [0.15, 0.2) is 6.67 Å². The van der Waals surface area contributed by atoms with E-state index in [1.54, 1.807) is 37.3 Å². The van der Waals surface area contributed by atoms with Crippen molar-refractivity contribution in [3.8, 4) is 11.3 Å². The van der Waals surface area contributed by atoms with Crippen LogP contribution in [-0.2, 0) is 19.1 Å². The maximum Gasteiger partial charge on any atom is 0.327 e. The number of hydrogen-bond donors (Lipinski definition) is 3. The summed E-state index contributed by atoms with van der Waals surface area (Å²) in [4.78, 5) is 52.3. The van der Waals surface area contributed by atoms with E-state index >= 15 is 0 Å². The van der Waals surface area contributed by atoms with Gasteiger partial charge in [-0.3, -0.25) is 24.6 Å². The second kappa shape index (κ2) is 10.4. The van der Waals surface area contributed by atoms with Crippen molar-refractivity contribution in [1.82, 2.24) is 20.0 Å². The summed E-state index contributed by atoms with van der Waals surface area (Å²) < 4.78 is 18.8. The number of aromatic amines is 1. The Hall–Kier alpha value is -3.86. The first kappa shape index (κ1) is 24.8. The van der Waals surface area contributed by atoms with E-state index < -0.39 is 42.6 Å². The summed E-state index contributed by atoms with van der Waals surface area (Å²) in [6, 6.07) is 7.37. The zero-order chi connectivity index (χ0) is 25.0. The second-order valence-electron chi connectivity index (χ2n) is 7.35. The van der Waals surface area contributed by atoms with Gasteiger partial charge in [0.25, 0.3) is 17.4 Å². The van der Waals surface area contributed by atoms with Gasteiger partial charge in [0.2, 0.25) is 0 Å². The lowest BCUT2D eigenvalue weighted by atomic mass is 10.1. The molecule has 0 aliphatic carbocycles. The van der Waals surface area contributed by atoms with Crippen LogP contribution in [0.2, 0.25) is 5.02 Å². The van der Waals surface area contributed by atoms with Gasteiger partial charge in [0, 0.05) is 17.3 Å². The fourth-order valence-electron chi connectivity index (χ4n) is 3.24. The van der Waals surface area contributed by atoms with Crippen molar-refractivity contribution in [3.63, 3.8) is 0 Å². The third kappa shape index (κ3) is 5.20. The number of ether oxygens (including phenoxy) is 1. The number of hydrogen-bond acceptors (Lipinski definition) is 6. The van der Waals surface area contributed by atoms with Gasteiger partial charge in [-0.25, -0.2) is 9.40 Å². The molecule has 0 fully saturated rings. The number of esters is 1. The van der Waals surface area contributed by atoms with Crippen LogP contribution in [0.3, 0.4) is 0 Å². The minimum atomic E-state index is -1.43. The number of nitrogens with two attached hydrogens (primary N) is 1. The highest BCUT2D eigenvalue weighted by molar-refractivity contribution is 6.33. The minimum Gasteiger partial charge on any atom is -0.465 e. The van der Waals surface area contributed by atoms with E-state index in [0.29, 0.717) is 32.4 Å². The summed E-state index contributed by atoms with van der Waals surface area (Å²) in [6.07, 6.45) is 1.43. The number of carbonyl (C=O) groups is 3. The van der Waals surface area contributed by atoms with Gasteiger partial charge in [-0.1, -0.05) is 17.7 Å². The van der Waals surface area contributed by atoms with Crippen molar-refractivity contribution in [3.05, 3.63) is 51.9 Å². The van der Waals surface area contributed by atoms with E-state index in [1.807, 2.05) is 0 Å². The van der Waals surface area contributed by atoms with E-state index in [-0.39, 0.29) is 12.1 Å². The quantitative estimate of drug-likeness (QED) is 0.263. The molecule has 0 saturated heterocycles. The third-order valence-electron chi connectivity index (χ3n) is 5.07. The zero-order valence-electron chi connectivity index (χ0n) is 18.4. The topological polar surface area (TPSA) is 140 Å². The average molecular weight is 492 g/mol. The Morgan fingerprint density at radius 1 is 1.29 bits per heavy atom. The number of hydrazine groups is 1. The first-order chi connectivity index (χ1) is 16.2. The first-order valence-electron chi connectivity index (χ1n) is 10.3. The second-order valence-corrected chi connectivity index (χ2v) is 7.76. The smallest absolute Gasteiger partial charge is 0.327 e. The molecule has 2 amide bonds. The molecule has 0 unspecified atom stereocenters. The molecule has 0 aliphatic rings. The largest absolute Gasteiger partial charge is 0.465 e. The molecule has 2 heterocycles. The van der Waals surface area contributed by atoms with Crippen LogP contribution in [0.15, 0.2) is 41.3 Å². The Kier molecular flexibility index (Phi) is 7.57. The summed E-state index contributed by atoms with van der Waals surface area (Å²) in [7, 11) is 0. The lowest BCUT2D eigenvalue weighted by Crippen LogP contribution is -2.51. The fraction of sp³-hybridized carbons (Fsp3) is 0.273. The summed E-state index contributed by atoms with van der Waals surface area (Å²) in [6.45, 7) is 0.940. The number of anilines is 1.